The lowest BCUT2D eigenvalue weighted by Crippen LogP contribution is -2.12. The van der Waals surface area contributed by atoms with Gasteiger partial charge < -0.3 is 4.74 Å². The summed E-state index contributed by atoms with van der Waals surface area (Å²) in [5, 5.41) is 0. The Morgan fingerprint density at radius 1 is 1.14 bits per heavy atom. The van der Waals surface area contributed by atoms with Gasteiger partial charge in [0.1, 0.15) is 0 Å². The van der Waals surface area contributed by atoms with E-state index in [9.17, 15) is 0 Å². The largest absolute Gasteiger partial charge is 0.378 e. The first-order chi connectivity index (χ1) is 6.59. The zero-order valence-electron chi connectivity index (χ0n) is 10.3. The fourth-order valence-corrected chi connectivity index (χ4v) is 2.20. The normalized spacial score (nSPS) is 27.9. The minimum Gasteiger partial charge on any atom is -0.378 e. The van der Waals surface area contributed by atoms with Gasteiger partial charge in [-0.05, 0) is 43.4 Å². The molecule has 0 saturated heterocycles. The maximum Gasteiger partial charge on any atom is 0.0578 e. The molecule has 0 bridgehead atoms. The van der Waals surface area contributed by atoms with E-state index in [0.717, 1.165) is 24.4 Å². The van der Waals surface area contributed by atoms with E-state index in [0.29, 0.717) is 6.10 Å². The predicted molar refractivity (Wildman–Crippen MR) is 61.4 cm³/mol. The Balaban J connectivity index is 2.10. The molecular weight excluding hydrogens is 172 g/mol. The first-order valence-corrected chi connectivity index (χ1v) is 6.21. The van der Waals surface area contributed by atoms with Crippen molar-refractivity contribution in [2.24, 2.45) is 17.8 Å². The Kier molecular flexibility index (Phi) is 4.94. The summed E-state index contributed by atoms with van der Waals surface area (Å²) in [6, 6.07) is 0. The summed E-state index contributed by atoms with van der Waals surface area (Å²) in [7, 11) is 0. The van der Waals surface area contributed by atoms with E-state index >= 15 is 0 Å². The van der Waals surface area contributed by atoms with Gasteiger partial charge in [0.2, 0.25) is 0 Å². The number of rotatable bonds is 5. The second-order valence-corrected chi connectivity index (χ2v) is 5.49. The van der Waals surface area contributed by atoms with Gasteiger partial charge in [-0.25, -0.2) is 0 Å². The third-order valence-electron chi connectivity index (χ3n) is 3.42. The van der Waals surface area contributed by atoms with Gasteiger partial charge in [0.05, 0.1) is 6.10 Å². The van der Waals surface area contributed by atoms with Crippen molar-refractivity contribution in [3.63, 3.8) is 0 Å². The van der Waals surface area contributed by atoms with Crippen molar-refractivity contribution >= 4 is 0 Å². The smallest absolute Gasteiger partial charge is 0.0578 e. The van der Waals surface area contributed by atoms with Gasteiger partial charge in [-0.2, -0.15) is 0 Å². The molecule has 0 radical (unpaired) electrons. The summed E-state index contributed by atoms with van der Waals surface area (Å²) >= 11 is 0. The molecule has 1 nitrogen and oxygen atoms in total. The molecule has 0 aliphatic heterocycles. The van der Waals surface area contributed by atoms with Gasteiger partial charge in [0, 0.05) is 6.61 Å². The zero-order valence-corrected chi connectivity index (χ0v) is 10.3. The Labute approximate surface area is 89.2 Å². The monoisotopic (exact) mass is 198 g/mol. The van der Waals surface area contributed by atoms with Crippen molar-refractivity contribution < 1.29 is 4.74 Å². The molecule has 0 amide bonds. The number of ether oxygens (including phenoxy) is 1. The third-order valence-corrected chi connectivity index (χ3v) is 3.42. The number of hydrogen-bond donors (Lipinski definition) is 0. The molecule has 1 rings (SSSR count). The molecule has 0 unspecified atom stereocenters. The Bertz CT molecular complexity index is 151. The van der Waals surface area contributed by atoms with Crippen molar-refractivity contribution in [2.75, 3.05) is 6.61 Å². The van der Waals surface area contributed by atoms with Gasteiger partial charge in [-0.3, -0.25) is 0 Å². The Hall–Kier alpha value is -0.0400. The molecule has 1 saturated carbocycles. The lowest BCUT2D eigenvalue weighted by Gasteiger charge is -2.15. The van der Waals surface area contributed by atoms with Crippen LogP contribution in [0.15, 0.2) is 0 Å². The average Bonchev–Trinajstić information content (AvgIpc) is 2.52. The molecule has 0 N–H and O–H groups in total. The highest BCUT2D eigenvalue weighted by atomic mass is 16.5. The van der Waals surface area contributed by atoms with Gasteiger partial charge >= 0.3 is 0 Å². The van der Waals surface area contributed by atoms with Crippen LogP contribution in [0, 0.1) is 17.8 Å². The Morgan fingerprint density at radius 3 is 2.36 bits per heavy atom. The molecule has 84 valence electrons. The lowest BCUT2D eigenvalue weighted by atomic mass is 9.95. The summed E-state index contributed by atoms with van der Waals surface area (Å²) in [6.07, 6.45) is 5.75. The molecule has 1 fully saturated rings. The van der Waals surface area contributed by atoms with Gasteiger partial charge in [-0.15, -0.1) is 0 Å². The summed E-state index contributed by atoms with van der Waals surface area (Å²) in [5.74, 6) is 2.53. The first-order valence-electron chi connectivity index (χ1n) is 6.21. The van der Waals surface area contributed by atoms with Crippen molar-refractivity contribution in [3.05, 3.63) is 0 Å². The van der Waals surface area contributed by atoms with E-state index in [2.05, 4.69) is 27.7 Å². The third kappa shape index (κ3) is 4.00. The van der Waals surface area contributed by atoms with Crippen molar-refractivity contribution in [2.45, 2.75) is 59.5 Å². The molecule has 0 spiro atoms. The van der Waals surface area contributed by atoms with Crippen LogP contribution in [0.25, 0.3) is 0 Å². The standard InChI is InChI=1S/C13H26O/c1-10(2)7-8-14-13-6-5-12(9-13)11(3)4/h10-13H,5-9H2,1-4H3/t12-,13-/m0/s1. The second-order valence-electron chi connectivity index (χ2n) is 5.49. The van der Waals surface area contributed by atoms with Crippen LogP contribution in [0.1, 0.15) is 53.4 Å². The van der Waals surface area contributed by atoms with Crippen molar-refractivity contribution in [3.8, 4) is 0 Å². The fraction of sp³-hybridized carbons (Fsp3) is 1.00. The molecule has 1 heteroatoms. The molecule has 0 aromatic rings. The van der Waals surface area contributed by atoms with E-state index in [1.54, 1.807) is 0 Å². The highest BCUT2D eigenvalue weighted by molar-refractivity contribution is 4.77. The molecule has 1 aliphatic carbocycles. The molecule has 14 heavy (non-hydrogen) atoms. The fourth-order valence-electron chi connectivity index (χ4n) is 2.20. The number of hydrogen-bond acceptors (Lipinski definition) is 1. The molecule has 0 aromatic heterocycles. The molecule has 0 heterocycles. The van der Waals surface area contributed by atoms with Crippen LogP contribution in [0.5, 0.6) is 0 Å². The lowest BCUT2D eigenvalue weighted by molar-refractivity contribution is 0.0473. The van der Waals surface area contributed by atoms with Crippen molar-refractivity contribution in [1.29, 1.82) is 0 Å². The maximum absolute atomic E-state index is 5.89. The minimum atomic E-state index is 0.571. The van der Waals surface area contributed by atoms with Crippen LogP contribution >= 0.6 is 0 Å². The summed E-state index contributed by atoms with van der Waals surface area (Å²) in [5.41, 5.74) is 0. The minimum absolute atomic E-state index is 0.571. The van der Waals surface area contributed by atoms with E-state index in [4.69, 9.17) is 4.74 Å². The van der Waals surface area contributed by atoms with Crippen LogP contribution in [-0.2, 0) is 4.74 Å². The summed E-state index contributed by atoms with van der Waals surface area (Å²) < 4.78 is 5.89. The first kappa shape index (κ1) is 12.0. The van der Waals surface area contributed by atoms with E-state index in [1.165, 1.54) is 25.7 Å². The topological polar surface area (TPSA) is 9.23 Å². The highest BCUT2D eigenvalue weighted by Gasteiger charge is 2.26. The quantitative estimate of drug-likeness (QED) is 0.651. The molecule has 0 aromatic carbocycles. The van der Waals surface area contributed by atoms with Gasteiger partial charge in [-0.1, -0.05) is 27.7 Å². The molecule has 1 aliphatic rings. The van der Waals surface area contributed by atoms with Crippen molar-refractivity contribution in [1.82, 2.24) is 0 Å². The highest BCUT2D eigenvalue weighted by Crippen LogP contribution is 2.33. The van der Waals surface area contributed by atoms with E-state index in [1.807, 2.05) is 0 Å². The second kappa shape index (κ2) is 5.75. The zero-order chi connectivity index (χ0) is 10.6. The van der Waals surface area contributed by atoms with Gasteiger partial charge in [0.25, 0.3) is 0 Å². The van der Waals surface area contributed by atoms with E-state index in [-0.39, 0.29) is 0 Å². The summed E-state index contributed by atoms with van der Waals surface area (Å²) in [4.78, 5) is 0. The molecule has 2 atom stereocenters. The SMILES string of the molecule is CC(C)CCO[C@H]1CC[C@H](C(C)C)C1. The van der Waals surface area contributed by atoms with E-state index < -0.39 is 0 Å². The van der Waals surface area contributed by atoms with Crippen LogP contribution in [0.4, 0.5) is 0 Å². The predicted octanol–water partition coefficient (Wildman–Crippen LogP) is 3.87. The van der Waals surface area contributed by atoms with Gasteiger partial charge in [0.15, 0.2) is 0 Å². The average molecular weight is 198 g/mol. The summed E-state index contributed by atoms with van der Waals surface area (Å²) in [6.45, 7) is 10.2. The van der Waals surface area contributed by atoms with Crippen LogP contribution in [0.2, 0.25) is 0 Å². The Morgan fingerprint density at radius 2 is 1.86 bits per heavy atom. The maximum atomic E-state index is 5.89. The van der Waals surface area contributed by atoms with Crippen LogP contribution in [-0.4, -0.2) is 12.7 Å². The van der Waals surface area contributed by atoms with Crippen LogP contribution in [0.3, 0.4) is 0 Å². The molecular formula is C13H26O. The van der Waals surface area contributed by atoms with Crippen LogP contribution < -0.4 is 0 Å².